The predicted molar refractivity (Wildman–Crippen MR) is 103 cm³/mol. The molecule has 8 N–H and O–H groups in total. The van der Waals surface area contributed by atoms with Crippen molar-refractivity contribution in [3.8, 4) is 5.75 Å². The molecule has 5 atom stereocenters. The smallest absolute Gasteiger partial charge is 0.404 e. The molecule has 0 spiro atoms. The average Bonchev–Trinajstić information content (AvgIpc) is 2.75. The molecule has 32 heavy (non-hydrogen) atoms. The number of aliphatic carboxylic acids is 1. The van der Waals surface area contributed by atoms with E-state index in [-0.39, 0.29) is 31.1 Å². The van der Waals surface area contributed by atoms with Crippen LogP contribution in [0, 0.1) is 0 Å². The van der Waals surface area contributed by atoms with E-state index in [1.807, 2.05) is 0 Å². The van der Waals surface area contributed by atoms with Gasteiger partial charge in [0.1, 0.15) is 30.7 Å². The summed E-state index contributed by atoms with van der Waals surface area (Å²) in [5.41, 5.74) is 7.67. The Bertz CT molecular complexity index is 821. The molecule has 14 nitrogen and oxygen atoms in total. The first-order chi connectivity index (χ1) is 15.1. The van der Waals surface area contributed by atoms with E-state index >= 15 is 0 Å². The Labute approximate surface area is 181 Å². The largest absolute Gasteiger partial charge is 0.479 e. The van der Waals surface area contributed by atoms with E-state index in [1.54, 1.807) is 7.05 Å². The third-order valence-corrected chi connectivity index (χ3v) is 4.36. The van der Waals surface area contributed by atoms with Crippen LogP contribution in [0.4, 0.5) is 4.79 Å². The molecular formula is C18H25N3O11. The van der Waals surface area contributed by atoms with Crippen molar-refractivity contribution in [3.63, 3.8) is 0 Å². The number of hydrogen-bond acceptors (Lipinski definition) is 11. The molecule has 0 aromatic heterocycles. The van der Waals surface area contributed by atoms with E-state index in [0.29, 0.717) is 5.56 Å². The van der Waals surface area contributed by atoms with Gasteiger partial charge >= 0.3 is 12.1 Å². The monoisotopic (exact) mass is 459 g/mol. The van der Waals surface area contributed by atoms with Gasteiger partial charge in [0.15, 0.2) is 6.10 Å². The first kappa shape index (κ1) is 25.3. The van der Waals surface area contributed by atoms with Crippen molar-refractivity contribution in [2.45, 2.75) is 37.3 Å². The Morgan fingerprint density at radius 1 is 1.16 bits per heavy atom. The summed E-state index contributed by atoms with van der Waals surface area (Å²) in [7, 11) is 1.54. The van der Waals surface area contributed by atoms with Crippen molar-refractivity contribution in [2.75, 3.05) is 20.2 Å². The van der Waals surface area contributed by atoms with Gasteiger partial charge in [-0.05, 0) is 17.7 Å². The van der Waals surface area contributed by atoms with Gasteiger partial charge in [-0.25, -0.2) is 15.1 Å². The number of hydrogen-bond donors (Lipinski definition) is 7. The molecule has 1 aliphatic heterocycles. The Hall–Kier alpha value is -3.01. The normalized spacial score (nSPS) is 25.1. The Morgan fingerprint density at radius 3 is 2.50 bits per heavy atom. The number of amides is 2. The second-order valence-electron chi connectivity index (χ2n) is 6.60. The lowest BCUT2D eigenvalue weighted by atomic mass is 9.99. The van der Waals surface area contributed by atoms with Crippen LogP contribution in [0.1, 0.15) is 15.9 Å². The molecule has 1 saturated heterocycles. The van der Waals surface area contributed by atoms with Crippen LogP contribution in [0.3, 0.4) is 0 Å². The number of aliphatic hydroxyl groups excluding tert-OH is 3. The molecule has 1 aromatic carbocycles. The molecule has 0 bridgehead atoms. The standard InChI is InChI=1S/C18H25N3O11/c1-20-30-5-4-21-15(25)9-6-8(7-29-18(19)28)2-3-10(9)31-17-13(24)11(22)12(23)14(32-17)16(26)27/h2-3,6,11-14,17,20,22-24H,4-5,7H2,1H3,(H2,19,28)(H,21,25)(H,26,27)/t11-,12-,13+,14-,17+/m0/s1. The maximum Gasteiger partial charge on any atom is 0.404 e. The molecule has 0 radical (unpaired) electrons. The maximum absolute atomic E-state index is 12.6. The number of benzene rings is 1. The summed E-state index contributed by atoms with van der Waals surface area (Å²) in [5.74, 6) is -2.36. The third-order valence-electron chi connectivity index (χ3n) is 4.36. The second-order valence-corrected chi connectivity index (χ2v) is 6.60. The van der Waals surface area contributed by atoms with Gasteiger partial charge in [0, 0.05) is 13.6 Å². The number of aliphatic hydroxyl groups is 3. The van der Waals surface area contributed by atoms with Crippen molar-refractivity contribution >= 4 is 18.0 Å². The number of nitrogens with one attached hydrogen (secondary N) is 2. The van der Waals surface area contributed by atoms with Gasteiger partial charge < -0.3 is 50.5 Å². The van der Waals surface area contributed by atoms with Crippen LogP contribution in [0.2, 0.25) is 0 Å². The van der Waals surface area contributed by atoms with Crippen LogP contribution in [0.5, 0.6) is 5.75 Å². The molecule has 0 saturated carbocycles. The van der Waals surface area contributed by atoms with Crippen molar-refractivity contribution < 1.29 is 53.9 Å². The Morgan fingerprint density at radius 2 is 1.88 bits per heavy atom. The highest BCUT2D eigenvalue weighted by Crippen LogP contribution is 2.28. The number of hydroxylamine groups is 1. The maximum atomic E-state index is 12.6. The lowest BCUT2D eigenvalue weighted by molar-refractivity contribution is -0.271. The van der Waals surface area contributed by atoms with Crippen molar-refractivity contribution in [2.24, 2.45) is 5.73 Å². The number of rotatable bonds is 10. The molecule has 0 unspecified atom stereocenters. The summed E-state index contributed by atoms with van der Waals surface area (Å²) in [6, 6.07) is 4.04. The van der Waals surface area contributed by atoms with Crippen molar-refractivity contribution in [3.05, 3.63) is 29.3 Å². The van der Waals surface area contributed by atoms with Crippen molar-refractivity contribution in [1.82, 2.24) is 10.8 Å². The van der Waals surface area contributed by atoms with E-state index < -0.39 is 48.7 Å². The Kier molecular flexibility index (Phi) is 9.13. The quantitative estimate of drug-likeness (QED) is 0.142. The lowest BCUT2D eigenvalue weighted by Gasteiger charge is -2.38. The highest BCUT2D eigenvalue weighted by atomic mass is 16.7. The Balaban J connectivity index is 2.26. The zero-order chi connectivity index (χ0) is 23.8. The van der Waals surface area contributed by atoms with Crippen molar-refractivity contribution in [1.29, 1.82) is 0 Å². The number of nitrogens with two attached hydrogens (primary N) is 1. The van der Waals surface area contributed by atoms with E-state index in [0.717, 1.165) is 0 Å². The molecule has 14 heteroatoms. The zero-order valence-corrected chi connectivity index (χ0v) is 17.0. The van der Waals surface area contributed by atoms with Gasteiger partial charge in [-0.1, -0.05) is 6.07 Å². The predicted octanol–water partition coefficient (Wildman–Crippen LogP) is -2.57. The topological polar surface area (TPSA) is 219 Å². The number of carboxylic acids is 1. The highest BCUT2D eigenvalue weighted by Gasteiger charge is 2.48. The minimum absolute atomic E-state index is 0.0803. The molecule has 1 heterocycles. The number of carbonyl (C=O) groups is 3. The van der Waals surface area contributed by atoms with Gasteiger partial charge in [-0.2, -0.15) is 0 Å². The fourth-order valence-electron chi connectivity index (χ4n) is 2.79. The van der Waals surface area contributed by atoms with E-state index in [1.165, 1.54) is 18.2 Å². The summed E-state index contributed by atoms with van der Waals surface area (Å²) in [6.45, 7) is 0.000707. The molecule has 1 fully saturated rings. The summed E-state index contributed by atoms with van der Waals surface area (Å²) in [4.78, 5) is 39.7. The van der Waals surface area contributed by atoms with Gasteiger partial charge in [-0.3, -0.25) is 4.79 Å². The third kappa shape index (κ3) is 6.49. The fraction of sp³-hybridized carbons (Fsp3) is 0.500. The van der Waals surface area contributed by atoms with Crippen LogP contribution in [-0.2, 0) is 25.7 Å². The zero-order valence-electron chi connectivity index (χ0n) is 17.0. The molecular weight excluding hydrogens is 434 g/mol. The van der Waals surface area contributed by atoms with Gasteiger partial charge in [0.2, 0.25) is 6.29 Å². The molecule has 0 aliphatic carbocycles. The summed E-state index contributed by atoms with van der Waals surface area (Å²) >= 11 is 0. The summed E-state index contributed by atoms with van der Waals surface area (Å²) in [5, 5.41) is 41.6. The lowest BCUT2D eigenvalue weighted by Crippen LogP contribution is -2.61. The van der Waals surface area contributed by atoms with Crippen LogP contribution in [0.25, 0.3) is 0 Å². The van der Waals surface area contributed by atoms with E-state index in [4.69, 9.17) is 29.9 Å². The van der Waals surface area contributed by atoms with Crippen LogP contribution >= 0.6 is 0 Å². The SMILES string of the molecule is CNOCCNC(=O)c1cc(COC(N)=O)ccc1O[C@@H]1O[C@H](C(=O)O)[C@@H](O)[C@H](O)[C@H]1O. The summed E-state index contributed by atoms with van der Waals surface area (Å²) in [6.07, 6.45) is -10.2. The first-order valence-corrected chi connectivity index (χ1v) is 9.36. The minimum atomic E-state index is -1.90. The molecule has 1 aromatic rings. The van der Waals surface area contributed by atoms with Crippen LogP contribution in [0.15, 0.2) is 18.2 Å². The second kappa shape index (κ2) is 11.6. The fourth-order valence-corrected chi connectivity index (χ4v) is 2.79. The number of primary amides is 1. The van der Waals surface area contributed by atoms with Gasteiger partial charge in [0.05, 0.1) is 12.2 Å². The molecule has 178 valence electrons. The van der Waals surface area contributed by atoms with Crippen LogP contribution in [-0.4, -0.2) is 89.3 Å². The average molecular weight is 459 g/mol. The highest BCUT2D eigenvalue weighted by molar-refractivity contribution is 5.97. The minimum Gasteiger partial charge on any atom is -0.479 e. The van der Waals surface area contributed by atoms with E-state index in [9.17, 15) is 29.7 Å². The number of carbonyl (C=O) groups excluding carboxylic acids is 2. The van der Waals surface area contributed by atoms with Gasteiger partial charge in [-0.15, -0.1) is 0 Å². The molecule has 2 rings (SSSR count). The van der Waals surface area contributed by atoms with Gasteiger partial charge in [0.25, 0.3) is 5.91 Å². The summed E-state index contributed by atoms with van der Waals surface area (Å²) < 4.78 is 15.3. The van der Waals surface area contributed by atoms with E-state index in [2.05, 4.69) is 10.8 Å². The number of ether oxygens (including phenoxy) is 3. The molecule has 2 amide bonds. The number of carboxylic acid groups (broad SMARTS) is 1. The van der Waals surface area contributed by atoms with Crippen LogP contribution < -0.4 is 21.3 Å². The molecule has 1 aliphatic rings. The first-order valence-electron chi connectivity index (χ1n) is 9.36.